The van der Waals surface area contributed by atoms with Crippen molar-refractivity contribution in [2.24, 2.45) is 5.92 Å². The summed E-state index contributed by atoms with van der Waals surface area (Å²) < 4.78 is 38.5. The molecule has 1 unspecified atom stereocenters. The van der Waals surface area contributed by atoms with E-state index in [1.807, 2.05) is 0 Å². The first kappa shape index (κ1) is 15.2. The summed E-state index contributed by atoms with van der Waals surface area (Å²) in [7, 11) is 0. The summed E-state index contributed by atoms with van der Waals surface area (Å²) in [5, 5.41) is 10.4. The zero-order chi connectivity index (χ0) is 14.8. The van der Waals surface area contributed by atoms with Gasteiger partial charge in [-0.15, -0.1) is 0 Å². The monoisotopic (exact) mass is 287 g/mol. The number of hydrogen-bond donors (Lipinski definition) is 2. The molecule has 2 nitrogen and oxygen atoms in total. The van der Waals surface area contributed by atoms with Gasteiger partial charge in [0.1, 0.15) is 0 Å². The van der Waals surface area contributed by atoms with Gasteiger partial charge >= 0.3 is 6.18 Å². The number of hydrogen-bond acceptors (Lipinski definition) is 2. The van der Waals surface area contributed by atoms with Crippen LogP contribution in [-0.2, 0) is 6.18 Å². The molecule has 0 spiro atoms. The molecule has 3 N–H and O–H groups in total. The van der Waals surface area contributed by atoms with E-state index in [1.54, 1.807) is 0 Å². The highest BCUT2D eigenvalue weighted by Gasteiger charge is 2.35. The van der Waals surface area contributed by atoms with E-state index < -0.39 is 17.8 Å². The minimum atomic E-state index is -4.48. The van der Waals surface area contributed by atoms with Gasteiger partial charge in [-0.2, -0.15) is 13.2 Å². The van der Waals surface area contributed by atoms with Crippen molar-refractivity contribution in [3.05, 3.63) is 29.3 Å². The van der Waals surface area contributed by atoms with Crippen molar-refractivity contribution < 1.29 is 18.3 Å². The molecule has 5 heteroatoms. The Bertz CT molecular complexity index is 451. The fraction of sp³-hybridized carbons (Fsp3) is 0.600. The highest BCUT2D eigenvalue weighted by atomic mass is 19.4. The maximum absolute atomic E-state index is 12.8. The van der Waals surface area contributed by atoms with Crippen LogP contribution in [0.25, 0.3) is 0 Å². The molecule has 1 aromatic rings. The summed E-state index contributed by atoms with van der Waals surface area (Å²) in [6, 6.07) is 3.77. The Balaban J connectivity index is 2.27. The lowest BCUT2D eigenvalue weighted by Crippen LogP contribution is -2.17. The van der Waals surface area contributed by atoms with Gasteiger partial charge in [0.2, 0.25) is 0 Å². The second kappa shape index (κ2) is 6.04. The SMILES string of the molecule is Nc1c(C(O)C2CCCCCC2)cccc1C(F)(F)F. The van der Waals surface area contributed by atoms with Crippen LogP contribution in [-0.4, -0.2) is 5.11 Å². The number of nitrogens with two attached hydrogens (primary N) is 1. The standard InChI is InChI=1S/C15H20F3NO/c16-15(17,18)12-9-5-8-11(13(12)19)14(20)10-6-3-1-2-4-7-10/h5,8-10,14,20H,1-4,6-7,19H2. The first-order valence-electron chi connectivity index (χ1n) is 7.05. The van der Waals surface area contributed by atoms with Gasteiger partial charge in [-0.05, 0) is 24.8 Å². The molecule has 1 aromatic carbocycles. The van der Waals surface area contributed by atoms with Gasteiger partial charge < -0.3 is 10.8 Å². The third-order valence-electron chi connectivity index (χ3n) is 4.11. The second-order valence-corrected chi connectivity index (χ2v) is 5.50. The number of para-hydroxylation sites is 1. The van der Waals surface area contributed by atoms with Crippen molar-refractivity contribution in [3.8, 4) is 0 Å². The Morgan fingerprint density at radius 2 is 1.70 bits per heavy atom. The molecule has 112 valence electrons. The van der Waals surface area contributed by atoms with E-state index >= 15 is 0 Å². The quantitative estimate of drug-likeness (QED) is 0.629. The van der Waals surface area contributed by atoms with Crippen molar-refractivity contribution in [1.82, 2.24) is 0 Å². The van der Waals surface area contributed by atoms with Gasteiger partial charge in [0, 0.05) is 11.3 Å². The summed E-state index contributed by atoms with van der Waals surface area (Å²) in [5.41, 5.74) is 4.66. The number of aliphatic hydroxyl groups excluding tert-OH is 1. The lowest BCUT2D eigenvalue weighted by Gasteiger charge is -2.24. The van der Waals surface area contributed by atoms with E-state index in [4.69, 9.17) is 5.73 Å². The number of alkyl halides is 3. The van der Waals surface area contributed by atoms with E-state index in [-0.39, 0.29) is 17.2 Å². The van der Waals surface area contributed by atoms with Crippen LogP contribution in [0.1, 0.15) is 55.8 Å². The molecular formula is C15H20F3NO. The smallest absolute Gasteiger partial charge is 0.398 e. The second-order valence-electron chi connectivity index (χ2n) is 5.50. The lowest BCUT2D eigenvalue weighted by atomic mass is 9.88. The van der Waals surface area contributed by atoms with Crippen LogP contribution in [0, 0.1) is 5.92 Å². The van der Waals surface area contributed by atoms with Crippen molar-refractivity contribution in [3.63, 3.8) is 0 Å². The minimum absolute atomic E-state index is 0.00304. The number of halogens is 3. The molecule has 0 aliphatic heterocycles. The van der Waals surface area contributed by atoms with Crippen LogP contribution in [0.2, 0.25) is 0 Å². The fourth-order valence-corrected chi connectivity index (χ4v) is 2.97. The van der Waals surface area contributed by atoms with E-state index in [9.17, 15) is 18.3 Å². The number of rotatable bonds is 2. The van der Waals surface area contributed by atoms with Crippen LogP contribution in [0.3, 0.4) is 0 Å². The van der Waals surface area contributed by atoms with Gasteiger partial charge in [0.25, 0.3) is 0 Å². The van der Waals surface area contributed by atoms with Gasteiger partial charge in [-0.3, -0.25) is 0 Å². The zero-order valence-corrected chi connectivity index (χ0v) is 11.3. The Labute approximate surface area is 116 Å². The summed E-state index contributed by atoms with van der Waals surface area (Å²) >= 11 is 0. The van der Waals surface area contributed by atoms with Crippen molar-refractivity contribution in [2.45, 2.75) is 50.8 Å². The van der Waals surface area contributed by atoms with Crippen molar-refractivity contribution in [1.29, 1.82) is 0 Å². The fourth-order valence-electron chi connectivity index (χ4n) is 2.97. The first-order valence-corrected chi connectivity index (χ1v) is 7.05. The average molecular weight is 287 g/mol. The molecule has 0 bridgehead atoms. The van der Waals surface area contributed by atoms with E-state index in [1.165, 1.54) is 12.1 Å². The van der Waals surface area contributed by atoms with E-state index in [0.717, 1.165) is 44.6 Å². The molecule has 0 saturated heterocycles. The predicted octanol–water partition coefficient (Wildman–Crippen LogP) is 4.29. The molecule has 1 saturated carbocycles. The van der Waals surface area contributed by atoms with Gasteiger partial charge in [-0.1, -0.05) is 37.8 Å². The van der Waals surface area contributed by atoms with Gasteiger partial charge in [-0.25, -0.2) is 0 Å². The average Bonchev–Trinajstić information content (AvgIpc) is 2.65. The summed E-state index contributed by atoms with van der Waals surface area (Å²) in [4.78, 5) is 0. The van der Waals surface area contributed by atoms with Gasteiger partial charge in [0.15, 0.2) is 0 Å². The largest absolute Gasteiger partial charge is 0.418 e. The van der Waals surface area contributed by atoms with Gasteiger partial charge in [0.05, 0.1) is 11.7 Å². The molecule has 1 aliphatic carbocycles. The molecule has 1 aliphatic rings. The summed E-state index contributed by atoms with van der Waals surface area (Å²) in [5.74, 6) is 0.00304. The van der Waals surface area contributed by atoms with Crippen LogP contribution >= 0.6 is 0 Å². The molecule has 2 rings (SSSR count). The number of nitrogen functional groups attached to an aromatic ring is 1. The maximum atomic E-state index is 12.8. The maximum Gasteiger partial charge on any atom is 0.418 e. The Morgan fingerprint density at radius 1 is 1.10 bits per heavy atom. The highest BCUT2D eigenvalue weighted by molar-refractivity contribution is 5.56. The number of anilines is 1. The molecular weight excluding hydrogens is 267 g/mol. The van der Waals surface area contributed by atoms with E-state index in [2.05, 4.69) is 0 Å². The third kappa shape index (κ3) is 3.26. The molecule has 20 heavy (non-hydrogen) atoms. The van der Waals surface area contributed by atoms with Crippen LogP contribution in [0.5, 0.6) is 0 Å². The first-order chi connectivity index (χ1) is 9.41. The lowest BCUT2D eigenvalue weighted by molar-refractivity contribution is -0.137. The van der Waals surface area contributed by atoms with Crippen LogP contribution < -0.4 is 5.73 Å². The highest BCUT2D eigenvalue weighted by Crippen LogP contribution is 2.40. The molecule has 1 fully saturated rings. The zero-order valence-electron chi connectivity index (χ0n) is 11.3. The van der Waals surface area contributed by atoms with Crippen molar-refractivity contribution >= 4 is 5.69 Å². The summed E-state index contributed by atoms with van der Waals surface area (Å²) in [6.45, 7) is 0. The van der Waals surface area contributed by atoms with Crippen LogP contribution in [0.15, 0.2) is 18.2 Å². The number of benzene rings is 1. The summed E-state index contributed by atoms with van der Waals surface area (Å²) in [6.07, 6.45) is 0.580. The molecule has 0 radical (unpaired) electrons. The number of aliphatic hydroxyl groups is 1. The Kier molecular flexibility index (Phi) is 4.58. The molecule has 1 atom stereocenters. The normalized spacial score (nSPS) is 19.6. The Morgan fingerprint density at radius 3 is 2.25 bits per heavy atom. The van der Waals surface area contributed by atoms with E-state index in [0.29, 0.717) is 0 Å². The molecule has 0 heterocycles. The topological polar surface area (TPSA) is 46.2 Å². The molecule has 0 amide bonds. The van der Waals surface area contributed by atoms with Crippen molar-refractivity contribution in [2.75, 3.05) is 5.73 Å². The minimum Gasteiger partial charge on any atom is -0.398 e. The Hall–Kier alpha value is -1.23. The van der Waals surface area contributed by atoms with Crippen LogP contribution in [0.4, 0.5) is 18.9 Å². The molecule has 0 aromatic heterocycles. The predicted molar refractivity (Wildman–Crippen MR) is 72.0 cm³/mol. The third-order valence-corrected chi connectivity index (χ3v) is 4.11.